The standard InChI is InChI=1S/C15H14N6O2/c1-20-14-10(7-17-20)15-18-13(19-21(15)8-16-14)9-4-5-11(22-2)12(6-9)23-3/h4-8H,1-3H3. The van der Waals surface area contributed by atoms with Crippen LogP contribution in [0.5, 0.6) is 11.5 Å². The summed E-state index contributed by atoms with van der Waals surface area (Å²) in [5.41, 5.74) is 2.32. The Bertz CT molecular complexity index is 1020. The van der Waals surface area contributed by atoms with Crippen molar-refractivity contribution in [2.45, 2.75) is 0 Å². The van der Waals surface area contributed by atoms with Crippen molar-refractivity contribution in [3.8, 4) is 22.9 Å². The van der Waals surface area contributed by atoms with Crippen LogP contribution in [0.25, 0.3) is 28.1 Å². The fraction of sp³-hybridized carbons (Fsp3) is 0.200. The Labute approximate surface area is 131 Å². The SMILES string of the molecule is COc1ccc(-c2nc3c4cnn(C)c4ncn3n2)cc1OC. The smallest absolute Gasteiger partial charge is 0.182 e. The second-order valence-corrected chi connectivity index (χ2v) is 5.02. The maximum absolute atomic E-state index is 5.33. The van der Waals surface area contributed by atoms with E-state index in [-0.39, 0.29) is 0 Å². The van der Waals surface area contributed by atoms with Gasteiger partial charge in [-0.05, 0) is 18.2 Å². The zero-order valence-electron chi connectivity index (χ0n) is 12.9. The Hall–Kier alpha value is -3.16. The van der Waals surface area contributed by atoms with E-state index in [2.05, 4.69) is 20.2 Å². The molecule has 0 radical (unpaired) electrons. The first kappa shape index (κ1) is 13.5. The number of fused-ring (bicyclic) bond motifs is 3. The lowest BCUT2D eigenvalue weighted by Gasteiger charge is -2.07. The summed E-state index contributed by atoms with van der Waals surface area (Å²) in [6, 6.07) is 5.57. The minimum atomic E-state index is 0.587. The molecule has 0 fully saturated rings. The summed E-state index contributed by atoms with van der Waals surface area (Å²) < 4.78 is 13.9. The van der Waals surface area contributed by atoms with Crippen molar-refractivity contribution < 1.29 is 9.47 Å². The van der Waals surface area contributed by atoms with Gasteiger partial charge in [0, 0.05) is 12.6 Å². The average Bonchev–Trinajstić information content (AvgIpc) is 3.17. The summed E-state index contributed by atoms with van der Waals surface area (Å²) in [6.07, 6.45) is 3.38. The number of benzene rings is 1. The summed E-state index contributed by atoms with van der Waals surface area (Å²) in [7, 11) is 5.05. The number of aromatic nitrogens is 6. The highest BCUT2D eigenvalue weighted by molar-refractivity contribution is 5.89. The van der Waals surface area contributed by atoms with Crippen molar-refractivity contribution >= 4 is 16.7 Å². The molecule has 0 atom stereocenters. The molecule has 0 spiro atoms. The molecule has 8 nitrogen and oxygen atoms in total. The molecule has 0 saturated carbocycles. The summed E-state index contributed by atoms with van der Waals surface area (Å²) in [5.74, 6) is 1.88. The molecule has 4 aromatic rings. The van der Waals surface area contributed by atoms with Gasteiger partial charge in [-0.3, -0.25) is 4.68 Å². The Morgan fingerprint density at radius 2 is 1.87 bits per heavy atom. The van der Waals surface area contributed by atoms with Gasteiger partial charge in [0.1, 0.15) is 6.33 Å². The molecule has 0 saturated heterocycles. The van der Waals surface area contributed by atoms with E-state index in [0.29, 0.717) is 23.0 Å². The molecule has 0 aliphatic rings. The molecular weight excluding hydrogens is 296 g/mol. The first-order valence-corrected chi connectivity index (χ1v) is 6.96. The van der Waals surface area contributed by atoms with Crippen LogP contribution in [0.1, 0.15) is 0 Å². The number of ether oxygens (including phenoxy) is 2. The van der Waals surface area contributed by atoms with Crippen LogP contribution in [0.3, 0.4) is 0 Å². The van der Waals surface area contributed by atoms with Crippen molar-refractivity contribution in [2.75, 3.05) is 14.2 Å². The van der Waals surface area contributed by atoms with Crippen molar-refractivity contribution in [1.29, 1.82) is 0 Å². The quantitative estimate of drug-likeness (QED) is 0.573. The Morgan fingerprint density at radius 3 is 2.65 bits per heavy atom. The highest BCUT2D eigenvalue weighted by atomic mass is 16.5. The van der Waals surface area contributed by atoms with Gasteiger partial charge in [0.2, 0.25) is 0 Å². The lowest BCUT2D eigenvalue weighted by Crippen LogP contribution is -1.95. The van der Waals surface area contributed by atoms with Crippen molar-refractivity contribution in [3.05, 3.63) is 30.7 Å². The van der Waals surface area contributed by atoms with Crippen LogP contribution in [-0.2, 0) is 7.05 Å². The maximum Gasteiger partial charge on any atom is 0.182 e. The average molecular weight is 310 g/mol. The number of hydrogen-bond acceptors (Lipinski definition) is 6. The predicted octanol–water partition coefficient (Wildman–Crippen LogP) is 1.70. The van der Waals surface area contributed by atoms with Crippen LogP contribution in [0.4, 0.5) is 0 Å². The summed E-state index contributed by atoms with van der Waals surface area (Å²) in [6.45, 7) is 0. The van der Waals surface area contributed by atoms with Gasteiger partial charge in [0.25, 0.3) is 0 Å². The van der Waals surface area contributed by atoms with E-state index in [0.717, 1.165) is 16.6 Å². The fourth-order valence-electron chi connectivity index (χ4n) is 2.54. The van der Waals surface area contributed by atoms with E-state index in [9.17, 15) is 0 Å². The van der Waals surface area contributed by atoms with Gasteiger partial charge < -0.3 is 9.47 Å². The van der Waals surface area contributed by atoms with E-state index >= 15 is 0 Å². The highest BCUT2D eigenvalue weighted by Gasteiger charge is 2.14. The molecule has 8 heteroatoms. The molecule has 4 rings (SSSR count). The minimum Gasteiger partial charge on any atom is -0.493 e. The third kappa shape index (κ3) is 1.99. The lowest BCUT2D eigenvalue weighted by molar-refractivity contribution is 0.355. The molecule has 0 bridgehead atoms. The van der Waals surface area contributed by atoms with Crippen LogP contribution in [0.15, 0.2) is 30.7 Å². The van der Waals surface area contributed by atoms with Crippen LogP contribution >= 0.6 is 0 Å². The second kappa shape index (κ2) is 4.94. The first-order chi connectivity index (χ1) is 11.2. The molecule has 116 valence electrons. The molecule has 0 N–H and O–H groups in total. The monoisotopic (exact) mass is 310 g/mol. The maximum atomic E-state index is 5.33. The topological polar surface area (TPSA) is 79.4 Å². The Balaban J connectivity index is 1.91. The summed E-state index contributed by atoms with van der Waals surface area (Å²) >= 11 is 0. The van der Waals surface area contributed by atoms with E-state index in [1.165, 1.54) is 0 Å². The molecule has 0 unspecified atom stereocenters. The van der Waals surface area contributed by atoms with Crippen LogP contribution in [0, 0.1) is 0 Å². The Kier molecular flexibility index (Phi) is 2.90. The van der Waals surface area contributed by atoms with E-state index in [1.807, 2.05) is 25.2 Å². The lowest BCUT2D eigenvalue weighted by atomic mass is 10.2. The molecule has 1 aromatic carbocycles. The third-order valence-corrected chi connectivity index (χ3v) is 3.71. The third-order valence-electron chi connectivity index (χ3n) is 3.71. The van der Waals surface area contributed by atoms with Gasteiger partial charge in [-0.2, -0.15) is 5.10 Å². The molecule has 3 aromatic heterocycles. The Morgan fingerprint density at radius 1 is 1.04 bits per heavy atom. The predicted molar refractivity (Wildman–Crippen MR) is 83.6 cm³/mol. The van der Waals surface area contributed by atoms with E-state index in [1.54, 1.807) is 35.9 Å². The number of hydrogen-bond donors (Lipinski definition) is 0. The van der Waals surface area contributed by atoms with E-state index < -0.39 is 0 Å². The van der Waals surface area contributed by atoms with Crippen molar-refractivity contribution in [1.82, 2.24) is 29.4 Å². The van der Waals surface area contributed by atoms with Gasteiger partial charge in [0.05, 0.1) is 25.8 Å². The largest absolute Gasteiger partial charge is 0.493 e. The number of nitrogens with zero attached hydrogens (tertiary/aromatic N) is 6. The van der Waals surface area contributed by atoms with Crippen LogP contribution in [-0.4, -0.2) is 43.6 Å². The van der Waals surface area contributed by atoms with Gasteiger partial charge in [0.15, 0.2) is 28.6 Å². The summed E-state index contributed by atoms with van der Waals surface area (Å²) in [5, 5.41) is 9.55. The fourth-order valence-corrected chi connectivity index (χ4v) is 2.54. The molecule has 0 aliphatic heterocycles. The molecule has 0 amide bonds. The molecule has 23 heavy (non-hydrogen) atoms. The zero-order chi connectivity index (χ0) is 16.0. The molecule has 0 aliphatic carbocycles. The van der Waals surface area contributed by atoms with Crippen molar-refractivity contribution in [2.24, 2.45) is 7.05 Å². The van der Waals surface area contributed by atoms with Crippen molar-refractivity contribution in [3.63, 3.8) is 0 Å². The number of methoxy groups -OCH3 is 2. The first-order valence-electron chi connectivity index (χ1n) is 6.96. The molecular formula is C15H14N6O2. The molecule has 3 heterocycles. The van der Waals surface area contributed by atoms with Crippen LogP contribution < -0.4 is 9.47 Å². The zero-order valence-corrected chi connectivity index (χ0v) is 12.9. The summed E-state index contributed by atoms with van der Waals surface area (Å²) in [4.78, 5) is 8.97. The number of rotatable bonds is 3. The second-order valence-electron chi connectivity index (χ2n) is 5.02. The van der Waals surface area contributed by atoms with E-state index in [4.69, 9.17) is 9.47 Å². The normalized spacial score (nSPS) is 11.3. The van der Waals surface area contributed by atoms with Gasteiger partial charge >= 0.3 is 0 Å². The van der Waals surface area contributed by atoms with Gasteiger partial charge in [-0.15, -0.1) is 5.10 Å². The minimum absolute atomic E-state index is 0.587. The highest BCUT2D eigenvalue weighted by Crippen LogP contribution is 2.31. The van der Waals surface area contributed by atoms with Gasteiger partial charge in [-0.1, -0.05) is 0 Å². The number of aryl methyl sites for hydroxylation is 1. The van der Waals surface area contributed by atoms with Crippen LogP contribution in [0.2, 0.25) is 0 Å². The van der Waals surface area contributed by atoms with Gasteiger partial charge in [-0.25, -0.2) is 14.5 Å².